The van der Waals surface area contributed by atoms with Gasteiger partial charge in [-0.1, -0.05) is 156 Å². The molecule has 0 aromatic heterocycles. The Morgan fingerprint density at radius 3 is 1.33 bits per heavy atom. The third-order valence-corrected chi connectivity index (χ3v) is 10.8. The molecule has 0 saturated carbocycles. The highest BCUT2D eigenvalue weighted by atomic mass is 16.5. The van der Waals surface area contributed by atoms with Gasteiger partial charge in [0, 0.05) is 26.3 Å². The summed E-state index contributed by atoms with van der Waals surface area (Å²) in [6.45, 7) is 10.2. The fourth-order valence-electron chi connectivity index (χ4n) is 7.17. The normalized spacial score (nSPS) is 12.0. The standard InChI is InChI=1S/C46H90N2O6/c1-5-8-11-14-16-25-32-42-53-45(50)37-28-21-17-23-30-39-48(41-33-36-44(49)47(4)52)40-31-24-18-22-29-38-46(51)54-43(34-26-19-13-10-7-3)35-27-20-15-12-9-6-2/h43,52H,5-42H2,1-4H3. The van der Waals surface area contributed by atoms with Crippen molar-refractivity contribution in [3.05, 3.63) is 0 Å². The van der Waals surface area contributed by atoms with Crippen molar-refractivity contribution in [2.24, 2.45) is 0 Å². The second-order valence-electron chi connectivity index (χ2n) is 16.1. The van der Waals surface area contributed by atoms with Gasteiger partial charge in [0.15, 0.2) is 0 Å². The average molecular weight is 767 g/mol. The molecule has 0 aromatic carbocycles. The minimum Gasteiger partial charge on any atom is -0.466 e. The lowest BCUT2D eigenvalue weighted by atomic mass is 10.0. The van der Waals surface area contributed by atoms with Crippen molar-refractivity contribution in [2.45, 2.75) is 245 Å². The predicted molar refractivity (Wildman–Crippen MR) is 226 cm³/mol. The number of rotatable bonds is 42. The zero-order chi connectivity index (χ0) is 39.7. The van der Waals surface area contributed by atoms with Crippen LogP contribution in [0.2, 0.25) is 0 Å². The average Bonchev–Trinajstić information content (AvgIpc) is 3.15. The molecule has 0 rings (SSSR count). The lowest BCUT2D eigenvalue weighted by molar-refractivity contribution is -0.159. The maximum Gasteiger partial charge on any atom is 0.306 e. The van der Waals surface area contributed by atoms with Crippen LogP contribution in [0.5, 0.6) is 0 Å². The van der Waals surface area contributed by atoms with Crippen LogP contribution < -0.4 is 0 Å². The molecule has 0 aliphatic carbocycles. The molecule has 0 aromatic rings. The smallest absolute Gasteiger partial charge is 0.306 e. The first-order valence-corrected chi connectivity index (χ1v) is 23.4. The largest absolute Gasteiger partial charge is 0.466 e. The first kappa shape index (κ1) is 52.3. The number of carbonyl (C=O) groups excluding carboxylic acids is 3. The number of carbonyl (C=O) groups is 3. The summed E-state index contributed by atoms with van der Waals surface area (Å²) < 4.78 is 11.4. The molecule has 0 saturated heterocycles. The molecule has 0 fully saturated rings. The lowest BCUT2D eigenvalue weighted by Gasteiger charge is -2.22. The Kier molecular flexibility index (Phi) is 39.7. The van der Waals surface area contributed by atoms with Gasteiger partial charge in [-0.3, -0.25) is 19.6 Å². The van der Waals surface area contributed by atoms with E-state index in [-0.39, 0.29) is 23.9 Å². The SMILES string of the molecule is CCCCCCCCCOC(=O)CCCCCCCN(CCCCCCCC(=O)OC(CCCCCCC)CCCCCCCC)CCCC(=O)N(C)O. The molecule has 1 amide bonds. The van der Waals surface area contributed by atoms with Gasteiger partial charge < -0.3 is 14.4 Å². The van der Waals surface area contributed by atoms with Gasteiger partial charge in [0.2, 0.25) is 5.91 Å². The molecule has 8 nitrogen and oxygen atoms in total. The second kappa shape index (κ2) is 41.0. The van der Waals surface area contributed by atoms with Crippen molar-refractivity contribution >= 4 is 17.8 Å². The highest BCUT2D eigenvalue weighted by molar-refractivity contribution is 5.74. The number of hydrogen-bond donors (Lipinski definition) is 1. The number of ether oxygens (including phenoxy) is 2. The molecule has 320 valence electrons. The predicted octanol–water partition coefficient (Wildman–Crippen LogP) is 12.9. The van der Waals surface area contributed by atoms with Crippen LogP contribution in [0.3, 0.4) is 0 Å². The van der Waals surface area contributed by atoms with E-state index in [4.69, 9.17) is 9.47 Å². The number of amides is 1. The summed E-state index contributed by atoms with van der Waals surface area (Å²) >= 11 is 0. The van der Waals surface area contributed by atoms with E-state index >= 15 is 0 Å². The van der Waals surface area contributed by atoms with Crippen molar-refractivity contribution < 1.29 is 29.1 Å². The summed E-state index contributed by atoms with van der Waals surface area (Å²) in [6, 6.07) is 0. The minimum absolute atomic E-state index is 0.00692. The summed E-state index contributed by atoms with van der Waals surface area (Å²) in [6.07, 6.45) is 37.3. The second-order valence-corrected chi connectivity index (χ2v) is 16.1. The highest BCUT2D eigenvalue weighted by Crippen LogP contribution is 2.18. The third kappa shape index (κ3) is 37.3. The van der Waals surface area contributed by atoms with Crippen LogP contribution in [0.4, 0.5) is 0 Å². The van der Waals surface area contributed by atoms with E-state index in [9.17, 15) is 19.6 Å². The van der Waals surface area contributed by atoms with Crippen molar-refractivity contribution in [3.8, 4) is 0 Å². The van der Waals surface area contributed by atoms with E-state index in [1.165, 1.54) is 103 Å². The lowest BCUT2D eigenvalue weighted by Crippen LogP contribution is -2.29. The number of hydroxylamine groups is 2. The minimum atomic E-state index is -0.241. The van der Waals surface area contributed by atoms with Gasteiger partial charge in [-0.15, -0.1) is 0 Å². The molecule has 0 bridgehead atoms. The summed E-state index contributed by atoms with van der Waals surface area (Å²) in [5.41, 5.74) is 0. The Hall–Kier alpha value is -1.67. The zero-order valence-corrected chi connectivity index (χ0v) is 36.3. The molecule has 1 N–H and O–H groups in total. The van der Waals surface area contributed by atoms with Gasteiger partial charge in [-0.05, 0) is 83.8 Å². The topological polar surface area (TPSA) is 96.4 Å². The molecule has 0 spiro atoms. The maximum atomic E-state index is 12.7. The number of nitrogens with zero attached hydrogens (tertiary/aromatic N) is 2. The molecular formula is C46H90N2O6. The Bertz CT molecular complexity index is 838. The highest BCUT2D eigenvalue weighted by Gasteiger charge is 2.15. The monoisotopic (exact) mass is 767 g/mol. The van der Waals surface area contributed by atoms with Crippen LogP contribution in [0.1, 0.15) is 239 Å². The van der Waals surface area contributed by atoms with Gasteiger partial charge in [-0.2, -0.15) is 0 Å². The molecule has 1 atom stereocenters. The molecule has 0 aliphatic rings. The van der Waals surface area contributed by atoms with Crippen LogP contribution in [0.15, 0.2) is 0 Å². The van der Waals surface area contributed by atoms with Crippen LogP contribution in [-0.4, -0.2) is 72.4 Å². The van der Waals surface area contributed by atoms with Crippen molar-refractivity contribution in [3.63, 3.8) is 0 Å². The number of esters is 2. The van der Waals surface area contributed by atoms with E-state index in [0.717, 1.165) is 122 Å². The quantitative estimate of drug-likeness (QED) is 0.0286. The van der Waals surface area contributed by atoms with Crippen molar-refractivity contribution in [1.82, 2.24) is 9.96 Å². The van der Waals surface area contributed by atoms with Gasteiger partial charge in [0.05, 0.1) is 6.61 Å². The van der Waals surface area contributed by atoms with Crippen LogP contribution in [0.25, 0.3) is 0 Å². The fourth-order valence-corrected chi connectivity index (χ4v) is 7.17. The van der Waals surface area contributed by atoms with Crippen molar-refractivity contribution in [1.29, 1.82) is 0 Å². The summed E-state index contributed by atoms with van der Waals surface area (Å²) in [5.74, 6) is -0.297. The Morgan fingerprint density at radius 1 is 0.463 bits per heavy atom. The van der Waals surface area contributed by atoms with Gasteiger partial charge >= 0.3 is 11.9 Å². The number of unbranched alkanes of at least 4 members (excludes halogenated alkanes) is 23. The first-order valence-electron chi connectivity index (χ1n) is 23.4. The molecule has 1 unspecified atom stereocenters. The van der Waals surface area contributed by atoms with Gasteiger partial charge in [0.25, 0.3) is 0 Å². The van der Waals surface area contributed by atoms with Crippen LogP contribution in [-0.2, 0) is 23.9 Å². The van der Waals surface area contributed by atoms with Crippen LogP contribution >= 0.6 is 0 Å². The maximum absolute atomic E-state index is 12.7. The summed E-state index contributed by atoms with van der Waals surface area (Å²) in [5, 5.41) is 10.1. The first-order chi connectivity index (χ1) is 26.3. The third-order valence-electron chi connectivity index (χ3n) is 10.8. The molecular weight excluding hydrogens is 677 g/mol. The van der Waals surface area contributed by atoms with Gasteiger partial charge in [0.1, 0.15) is 6.10 Å². The van der Waals surface area contributed by atoms with E-state index in [1.54, 1.807) is 0 Å². The van der Waals surface area contributed by atoms with E-state index in [2.05, 4.69) is 25.7 Å². The molecule has 0 radical (unpaired) electrons. The Morgan fingerprint density at radius 2 is 0.852 bits per heavy atom. The molecule has 0 aliphatic heterocycles. The Balaban J connectivity index is 4.29. The fraction of sp³-hybridized carbons (Fsp3) is 0.935. The summed E-state index contributed by atoms with van der Waals surface area (Å²) in [7, 11) is 1.39. The molecule has 54 heavy (non-hydrogen) atoms. The van der Waals surface area contributed by atoms with E-state index in [1.807, 2.05) is 0 Å². The molecule has 0 heterocycles. The number of hydrogen-bond acceptors (Lipinski definition) is 7. The van der Waals surface area contributed by atoms with E-state index < -0.39 is 0 Å². The zero-order valence-electron chi connectivity index (χ0n) is 36.3. The summed E-state index contributed by atoms with van der Waals surface area (Å²) in [4.78, 5) is 39.2. The Labute approximate surface area is 334 Å². The molecule has 8 heteroatoms. The van der Waals surface area contributed by atoms with E-state index in [0.29, 0.717) is 30.9 Å². The van der Waals surface area contributed by atoms with Crippen molar-refractivity contribution in [2.75, 3.05) is 33.3 Å². The van der Waals surface area contributed by atoms with Crippen LogP contribution in [0, 0.1) is 0 Å². The van der Waals surface area contributed by atoms with Gasteiger partial charge in [-0.25, -0.2) is 5.06 Å².